The molecule has 2 rings (SSSR count). The molecular weight excluding hydrogens is 286 g/mol. The Morgan fingerprint density at radius 3 is 2.52 bits per heavy atom. The Bertz CT molecular complexity index is 606. The van der Waals surface area contributed by atoms with Gasteiger partial charge in [-0.25, -0.2) is 13.1 Å². The van der Waals surface area contributed by atoms with Crippen LogP contribution in [0.4, 0.5) is 5.69 Å². The molecule has 0 atom stereocenters. The highest BCUT2D eigenvalue weighted by Gasteiger charge is 2.23. The van der Waals surface area contributed by atoms with E-state index < -0.39 is 10.0 Å². The zero-order valence-corrected chi connectivity index (χ0v) is 13.8. The van der Waals surface area contributed by atoms with Crippen molar-refractivity contribution in [3.63, 3.8) is 0 Å². The molecule has 0 amide bonds. The number of likely N-dealkylation sites (tertiary alicyclic amines) is 1. The van der Waals surface area contributed by atoms with E-state index in [1.807, 2.05) is 0 Å². The molecule has 21 heavy (non-hydrogen) atoms. The number of nitrogens with zero attached hydrogens (tertiary/aromatic N) is 1. The predicted octanol–water partition coefficient (Wildman–Crippen LogP) is 1.51. The van der Waals surface area contributed by atoms with Crippen molar-refractivity contribution >= 4 is 15.7 Å². The minimum atomic E-state index is -3.50. The molecule has 1 saturated heterocycles. The van der Waals surface area contributed by atoms with Crippen LogP contribution in [-0.4, -0.2) is 40.0 Å². The van der Waals surface area contributed by atoms with Gasteiger partial charge in [-0.15, -0.1) is 0 Å². The maximum Gasteiger partial charge on any atom is 0.241 e. The Labute approximate surface area is 127 Å². The Morgan fingerprint density at radius 1 is 1.29 bits per heavy atom. The smallest absolute Gasteiger partial charge is 0.241 e. The molecule has 1 heterocycles. The zero-order valence-electron chi connectivity index (χ0n) is 13.0. The average Bonchev–Trinajstić information content (AvgIpc) is 2.43. The zero-order chi connectivity index (χ0) is 15.6. The number of benzene rings is 1. The summed E-state index contributed by atoms with van der Waals surface area (Å²) in [5, 5.41) is 0. The molecule has 0 spiro atoms. The van der Waals surface area contributed by atoms with E-state index in [-0.39, 0.29) is 0 Å². The number of nitrogens with two attached hydrogens (primary N) is 1. The number of sulfonamides is 1. The van der Waals surface area contributed by atoms with Gasteiger partial charge in [-0.2, -0.15) is 0 Å². The molecule has 3 N–H and O–H groups in total. The molecular formula is C15H25N3O2S. The van der Waals surface area contributed by atoms with E-state index in [0.29, 0.717) is 28.6 Å². The molecule has 0 bridgehead atoms. The highest BCUT2D eigenvalue weighted by molar-refractivity contribution is 7.89. The summed E-state index contributed by atoms with van der Waals surface area (Å²) in [5.41, 5.74) is 7.72. The second-order valence-corrected chi connectivity index (χ2v) is 7.73. The summed E-state index contributed by atoms with van der Waals surface area (Å²) in [6.07, 6.45) is 2.07. The number of piperidine rings is 1. The van der Waals surface area contributed by atoms with Crippen LogP contribution in [0.5, 0.6) is 0 Å². The predicted molar refractivity (Wildman–Crippen MR) is 85.7 cm³/mol. The first-order valence-electron chi connectivity index (χ1n) is 7.35. The van der Waals surface area contributed by atoms with Crippen LogP contribution in [0.25, 0.3) is 0 Å². The van der Waals surface area contributed by atoms with Crippen LogP contribution < -0.4 is 10.5 Å². The Balaban J connectivity index is 2.11. The average molecular weight is 311 g/mol. The molecule has 0 aliphatic carbocycles. The molecule has 1 aliphatic heterocycles. The molecule has 6 heteroatoms. The highest BCUT2D eigenvalue weighted by Crippen LogP contribution is 2.25. The third-order valence-electron chi connectivity index (χ3n) is 4.31. The van der Waals surface area contributed by atoms with E-state index in [2.05, 4.69) is 16.7 Å². The van der Waals surface area contributed by atoms with Gasteiger partial charge in [0.15, 0.2) is 0 Å². The fourth-order valence-corrected chi connectivity index (χ4v) is 4.43. The van der Waals surface area contributed by atoms with E-state index in [9.17, 15) is 8.42 Å². The van der Waals surface area contributed by atoms with Gasteiger partial charge in [0.2, 0.25) is 10.0 Å². The van der Waals surface area contributed by atoms with Crippen LogP contribution in [0, 0.1) is 19.8 Å². The Hall–Kier alpha value is -1.11. The molecule has 5 nitrogen and oxygen atoms in total. The van der Waals surface area contributed by atoms with Gasteiger partial charge in [0.25, 0.3) is 0 Å². The lowest BCUT2D eigenvalue weighted by Gasteiger charge is -2.29. The number of aryl methyl sites for hydroxylation is 1. The topological polar surface area (TPSA) is 75.4 Å². The summed E-state index contributed by atoms with van der Waals surface area (Å²) in [6.45, 7) is 6.12. The number of nitrogens with one attached hydrogen (secondary N) is 1. The van der Waals surface area contributed by atoms with Gasteiger partial charge in [-0.3, -0.25) is 0 Å². The molecule has 0 saturated carbocycles. The van der Waals surface area contributed by atoms with E-state index in [4.69, 9.17) is 5.73 Å². The fourth-order valence-electron chi connectivity index (χ4n) is 2.82. The van der Waals surface area contributed by atoms with Crippen LogP contribution in [0.15, 0.2) is 17.0 Å². The Kier molecular flexibility index (Phi) is 4.91. The van der Waals surface area contributed by atoms with Crippen LogP contribution >= 0.6 is 0 Å². The van der Waals surface area contributed by atoms with Crippen molar-refractivity contribution in [2.24, 2.45) is 5.92 Å². The second kappa shape index (κ2) is 6.34. The first-order valence-corrected chi connectivity index (χ1v) is 8.83. The Morgan fingerprint density at radius 2 is 1.90 bits per heavy atom. The highest BCUT2D eigenvalue weighted by atomic mass is 32.2. The first kappa shape index (κ1) is 16.3. The second-order valence-electron chi connectivity index (χ2n) is 6.02. The molecule has 1 aromatic carbocycles. The van der Waals surface area contributed by atoms with Crippen molar-refractivity contribution in [2.45, 2.75) is 31.6 Å². The third kappa shape index (κ3) is 3.75. The fraction of sp³-hybridized carbons (Fsp3) is 0.600. The van der Waals surface area contributed by atoms with E-state index in [0.717, 1.165) is 31.5 Å². The standard InChI is InChI=1S/C15H25N3O2S/c1-11-4-5-14(16)12(2)15(11)21(19,20)17-10-13-6-8-18(3)9-7-13/h4-5,13,17H,6-10,16H2,1-3H3. The first-order chi connectivity index (χ1) is 9.81. The van der Waals surface area contributed by atoms with Crippen molar-refractivity contribution in [3.05, 3.63) is 23.3 Å². The van der Waals surface area contributed by atoms with Crippen molar-refractivity contribution in [1.82, 2.24) is 9.62 Å². The van der Waals surface area contributed by atoms with Gasteiger partial charge >= 0.3 is 0 Å². The minimum Gasteiger partial charge on any atom is -0.398 e. The summed E-state index contributed by atoms with van der Waals surface area (Å²) < 4.78 is 27.9. The summed E-state index contributed by atoms with van der Waals surface area (Å²) in [6, 6.07) is 3.51. The number of hydrogen-bond donors (Lipinski definition) is 2. The lowest BCUT2D eigenvalue weighted by Crippen LogP contribution is -2.37. The summed E-state index contributed by atoms with van der Waals surface area (Å²) in [5.74, 6) is 0.414. The molecule has 1 fully saturated rings. The number of hydrogen-bond acceptors (Lipinski definition) is 4. The van der Waals surface area contributed by atoms with Gasteiger partial charge in [0.1, 0.15) is 0 Å². The van der Waals surface area contributed by atoms with Gasteiger partial charge < -0.3 is 10.6 Å². The van der Waals surface area contributed by atoms with E-state index in [1.165, 1.54) is 0 Å². The molecule has 118 valence electrons. The van der Waals surface area contributed by atoms with Gasteiger partial charge in [0.05, 0.1) is 4.90 Å². The summed E-state index contributed by atoms with van der Waals surface area (Å²) >= 11 is 0. The minimum absolute atomic E-state index is 0.329. The summed E-state index contributed by atoms with van der Waals surface area (Å²) in [4.78, 5) is 2.60. The lowest BCUT2D eigenvalue weighted by molar-refractivity contribution is 0.220. The maximum atomic E-state index is 12.6. The number of nitrogen functional groups attached to an aromatic ring is 1. The molecule has 1 aromatic rings. The summed E-state index contributed by atoms with van der Waals surface area (Å²) in [7, 11) is -1.40. The van der Waals surface area contributed by atoms with Crippen molar-refractivity contribution < 1.29 is 8.42 Å². The molecule has 0 radical (unpaired) electrons. The lowest BCUT2D eigenvalue weighted by atomic mass is 9.98. The van der Waals surface area contributed by atoms with Gasteiger partial charge in [-0.05, 0) is 69.9 Å². The van der Waals surface area contributed by atoms with Crippen LogP contribution in [0.1, 0.15) is 24.0 Å². The van der Waals surface area contributed by atoms with E-state index in [1.54, 1.807) is 26.0 Å². The third-order valence-corrected chi connectivity index (χ3v) is 6.03. The van der Waals surface area contributed by atoms with Gasteiger partial charge in [0, 0.05) is 12.2 Å². The van der Waals surface area contributed by atoms with Crippen molar-refractivity contribution in [1.29, 1.82) is 0 Å². The van der Waals surface area contributed by atoms with Crippen molar-refractivity contribution in [2.75, 3.05) is 32.4 Å². The van der Waals surface area contributed by atoms with Gasteiger partial charge in [-0.1, -0.05) is 6.07 Å². The van der Waals surface area contributed by atoms with Crippen molar-refractivity contribution in [3.8, 4) is 0 Å². The van der Waals surface area contributed by atoms with Crippen LogP contribution in [0.2, 0.25) is 0 Å². The SMILES string of the molecule is Cc1ccc(N)c(C)c1S(=O)(=O)NCC1CCN(C)CC1. The molecule has 0 aromatic heterocycles. The number of rotatable bonds is 4. The normalized spacial score (nSPS) is 18.0. The molecule has 1 aliphatic rings. The quantitative estimate of drug-likeness (QED) is 0.827. The van der Waals surface area contributed by atoms with Crippen LogP contribution in [-0.2, 0) is 10.0 Å². The van der Waals surface area contributed by atoms with Crippen LogP contribution in [0.3, 0.4) is 0 Å². The monoisotopic (exact) mass is 311 g/mol. The largest absolute Gasteiger partial charge is 0.398 e. The number of anilines is 1. The maximum absolute atomic E-state index is 12.6. The molecule has 0 unspecified atom stereocenters. The van der Waals surface area contributed by atoms with E-state index >= 15 is 0 Å².